The van der Waals surface area contributed by atoms with E-state index in [1.54, 1.807) is 0 Å². The third-order valence-electron chi connectivity index (χ3n) is 11.6. The van der Waals surface area contributed by atoms with Crippen LogP contribution in [0.15, 0.2) is 170 Å². The van der Waals surface area contributed by atoms with Crippen LogP contribution in [0.3, 0.4) is 0 Å². The first-order valence-corrected chi connectivity index (χ1v) is 18.2. The van der Waals surface area contributed by atoms with Gasteiger partial charge in [-0.2, -0.15) is 0 Å². The van der Waals surface area contributed by atoms with Crippen LogP contribution in [0.4, 0.5) is 0 Å². The molecule has 0 fully saturated rings. The van der Waals surface area contributed by atoms with Gasteiger partial charge in [0.15, 0.2) is 0 Å². The van der Waals surface area contributed by atoms with E-state index in [0.29, 0.717) is 0 Å². The van der Waals surface area contributed by atoms with Crippen molar-refractivity contribution in [3.8, 4) is 33.4 Å². The maximum Gasteiger partial charge on any atom is 0.0726 e. The van der Waals surface area contributed by atoms with Crippen molar-refractivity contribution < 1.29 is 0 Å². The van der Waals surface area contributed by atoms with Crippen molar-refractivity contribution >= 4 is 63.8 Å². The van der Waals surface area contributed by atoms with Gasteiger partial charge in [0.05, 0.1) is 5.41 Å². The van der Waals surface area contributed by atoms with Crippen molar-refractivity contribution in [2.24, 2.45) is 0 Å². The SMILES string of the molecule is c1ccc(-c2cc3c4c(c2)c2ccccc2c2cccc(c24)C32c3ccccc3-c3cc(-c4cccc5c4sc4ccccc45)ccc32)cc1. The lowest BCUT2D eigenvalue weighted by atomic mass is 9.69. The Morgan fingerprint density at radius 3 is 1.86 bits per heavy atom. The lowest BCUT2D eigenvalue weighted by Gasteiger charge is -2.31. The van der Waals surface area contributed by atoms with Gasteiger partial charge in [-0.05, 0) is 112 Å². The second kappa shape index (κ2) is 9.57. The molecule has 2 aliphatic rings. The standard InChI is InChI=1S/C49H28S/c1-2-12-29(13-3-1)31-27-40-34-15-5-4-14-33(34)37-19-11-22-43-46(37)47(40)44(28-31)49(43)41-21-8-6-16-35(41)39-26-30(24-25-42(39)49)32-18-10-20-38-36-17-7-9-23-45(36)50-48(32)38/h1-28H. The van der Waals surface area contributed by atoms with Crippen molar-refractivity contribution in [2.75, 3.05) is 0 Å². The molecule has 0 radical (unpaired) electrons. The van der Waals surface area contributed by atoms with Crippen molar-refractivity contribution in [1.82, 2.24) is 0 Å². The van der Waals surface area contributed by atoms with E-state index in [1.807, 2.05) is 11.3 Å². The van der Waals surface area contributed by atoms with Crippen LogP contribution >= 0.6 is 11.3 Å². The van der Waals surface area contributed by atoms with Gasteiger partial charge in [-0.1, -0.05) is 146 Å². The summed E-state index contributed by atoms with van der Waals surface area (Å²) >= 11 is 1.91. The Hall–Kier alpha value is -6.02. The Morgan fingerprint density at radius 1 is 0.320 bits per heavy atom. The predicted octanol–water partition coefficient (Wildman–Crippen LogP) is 13.5. The van der Waals surface area contributed by atoms with Crippen LogP contribution in [0.5, 0.6) is 0 Å². The molecule has 10 aromatic rings. The third-order valence-corrected chi connectivity index (χ3v) is 12.9. The Balaban J connectivity index is 1.21. The Kier molecular flexibility index (Phi) is 5.14. The highest BCUT2D eigenvalue weighted by Gasteiger charge is 2.51. The molecule has 0 saturated carbocycles. The quantitative estimate of drug-likeness (QED) is 0.164. The van der Waals surface area contributed by atoms with Crippen LogP contribution in [0.25, 0.3) is 85.9 Å². The van der Waals surface area contributed by atoms with Crippen LogP contribution in [0, 0.1) is 0 Å². The van der Waals surface area contributed by atoms with Crippen LogP contribution < -0.4 is 0 Å². The van der Waals surface area contributed by atoms with Gasteiger partial charge in [-0.3, -0.25) is 0 Å². The van der Waals surface area contributed by atoms with Crippen molar-refractivity contribution in [3.63, 3.8) is 0 Å². The number of benzene rings is 9. The molecule has 9 aromatic carbocycles. The highest BCUT2D eigenvalue weighted by atomic mass is 32.1. The van der Waals surface area contributed by atoms with E-state index in [0.717, 1.165) is 0 Å². The zero-order valence-corrected chi connectivity index (χ0v) is 27.9. The summed E-state index contributed by atoms with van der Waals surface area (Å²) in [5, 5.41) is 10.8. The minimum atomic E-state index is -0.420. The lowest BCUT2D eigenvalue weighted by Crippen LogP contribution is -2.26. The molecule has 1 heteroatoms. The van der Waals surface area contributed by atoms with Gasteiger partial charge < -0.3 is 0 Å². The molecule has 230 valence electrons. The van der Waals surface area contributed by atoms with Gasteiger partial charge in [0.2, 0.25) is 0 Å². The Bertz CT molecular complexity index is 3090. The average Bonchev–Trinajstić information content (AvgIpc) is 3.82. The van der Waals surface area contributed by atoms with Gasteiger partial charge in [0.1, 0.15) is 0 Å². The monoisotopic (exact) mass is 648 g/mol. The molecule has 0 bridgehead atoms. The molecule has 12 rings (SSSR count). The van der Waals surface area contributed by atoms with Crippen LogP contribution in [0.2, 0.25) is 0 Å². The highest BCUT2D eigenvalue weighted by Crippen LogP contribution is 2.64. The van der Waals surface area contributed by atoms with Gasteiger partial charge in [-0.25, -0.2) is 0 Å². The molecule has 1 heterocycles. The van der Waals surface area contributed by atoms with Crippen LogP contribution in [0.1, 0.15) is 22.3 Å². The van der Waals surface area contributed by atoms with Gasteiger partial charge in [0.25, 0.3) is 0 Å². The molecule has 0 aliphatic heterocycles. The van der Waals surface area contributed by atoms with Crippen molar-refractivity contribution in [3.05, 3.63) is 192 Å². The van der Waals surface area contributed by atoms with E-state index in [2.05, 4.69) is 170 Å². The van der Waals surface area contributed by atoms with Crippen LogP contribution in [-0.2, 0) is 5.41 Å². The number of rotatable bonds is 2. The largest absolute Gasteiger partial charge is 0.135 e. The summed E-state index contributed by atoms with van der Waals surface area (Å²) in [5.74, 6) is 0. The third kappa shape index (κ3) is 3.22. The lowest BCUT2D eigenvalue weighted by molar-refractivity contribution is 0.797. The first kappa shape index (κ1) is 26.9. The molecular weight excluding hydrogens is 621 g/mol. The van der Waals surface area contributed by atoms with E-state index in [9.17, 15) is 0 Å². The van der Waals surface area contributed by atoms with Gasteiger partial charge >= 0.3 is 0 Å². The molecule has 2 aliphatic carbocycles. The van der Waals surface area contributed by atoms with E-state index in [1.165, 1.54) is 108 Å². The molecular formula is C49H28S. The summed E-state index contributed by atoms with van der Waals surface area (Å²) in [6.45, 7) is 0. The van der Waals surface area contributed by atoms with Gasteiger partial charge in [-0.15, -0.1) is 11.3 Å². The second-order valence-electron chi connectivity index (χ2n) is 13.9. The van der Waals surface area contributed by atoms with Crippen LogP contribution in [-0.4, -0.2) is 0 Å². The summed E-state index contributed by atoms with van der Waals surface area (Å²) in [4.78, 5) is 0. The molecule has 0 amide bonds. The smallest absolute Gasteiger partial charge is 0.0726 e. The topological polar surface area (TPSA) is 0 Å². The summed E-state index contributed by atoms with van der Waals surface area (Å²) in [6, 6.07) is 64.1. The molecule has 1 aromatic heterocycles. The first-order chi connectivity index (χ1) is 24.8. The van der Waals surface area contributed by atoms with Crippen molar-refractivity contribution in [1.29, 1.82) is 0 Å². The van der Waals surface area contributed by atoms with E-state index < -0.39 is 5.41 Å². The summed E-state index contributed by atoms with van der Waals surface area (Å²) in [7, 11) is 0. The summed E-state index contributed by atoms with van der Waals surface area (Å²) in [6.07, 6.45) is 0. The molecule has 1 atom stereocenters. The number of hydrogen-bond donors (Lipinski definition) is 0. The maximum absolute atomic E-state index is 2.52. The highest BCUT2D eigenvalue weighted by molar-refractivity contribution is 7.26. The minimum Gasteiger partial charge on any atom is -0.135 e. The normalized spacial score (nSPS) is 15.7. The number of fused-ring (bicyclic) bond motifs is 13. The predicted molar refractivity (Wildman–Crippen MR) is 214 cm³/mol. The zero-order valence-electron chi connectivity index (χ0n) is 27.1. The van der Waals surface area contributed by atoms with E-state index in [4.69, 9.17) is 0 Å². The number of hydrogen-bond acceptors (Lipinski definition) is 1. The van der Waals surface area contributed by atoms with E-state index >= 15 is 0 Å². The molecule has 0 saturated heterocycles. The second-order valence-corrected chi connectivity index (χ2v) is 15.0. The Labute approximate surface area is 293 Å². The van der Waals surface area contributed by atoms with Crippen molar-refractivity contribution in [2.45, 2.75) is 5.41 Å². The fourth-order valence-electron chi connectivity index (χ4n) is 9.68. The Morgan fingerprint density at radius 2 is 0.960 bits per heavy atom. The molecule has 50 heavy (non-hydrogen) atoms. The average molecular weight is 649 g/mol. The molecule has 0 N–H and O–H groups in total. The molecule has 1 spiro atoms. The molecule has 0 nitrogen and oxygen atoms in total. The zero-order chi connectivity index (χ0) is 32.6. The summed E-state index contributed by atoms with van der Waals surface area (Å²) in [5.41, 5.74) is 12.9. The molecule has 1 unspecified atom stereocenters. The number of thiophene rings is 1. The summed E-state index contributed by atoms with van der Waals surface area (Å²) < 4.78 is 2.70. The minimum absolute atomic E-state index is 0.420. The first-order valence-electron chi connectivity index (χ1n) is 17.4. The van der Waals surface area contributed by atoms with E-state index in [-0.39, 0.29) is 0 Å². The van der Waals surface area contributed by atoms with Gasteiger partial charge in [0, 0.05) is 20.2 Å². The fourth-order valence-corrected chi connectivity index (χ4v) is 10.9. The maximum atomic E-state index is 2.52. The fraction of sp³-hybridized carbons (Fsp3) is 0.0204.